The molecule has 0 aliphatic heterocycles. The van der Waals surface area contributed by atoms with E-state index in [0.717, 1.165) is 4.88 Å². The molecule has 22 heavy (non-hydrogen) atoms. The van der Waals surface area contributed by atoms with Crippen LogP contribution in [-0.4, -0.2) is 20.7 Å². The quantitative estimate of drug-likeness (QED) is 0.634. The summed E-state index contributed by atoms with van der Waals surface area (Å²) in [5.74, 6) is 0.620. The number of hydrogen-bond donors (Lipinski definition) is 1. The van der Waals surface area contributed by atoms with Gasteiger partial charge in [-0.15, -0.1) is 11.3 Å². The van der Waals surface area contributed by atoms with Gasteiger partial charge in [-0.2, -0.15) is 18.4 Å². The van der Waals surface area contributed by atoms with E-state index in [4.69, 9.17) is 16.3 Å². The van der Waals surface area contributed by atoms with E-state index in [1.807, 2.05) is 6.92 Å². The Kier molecular flexibility index (Phi) is 5.44. The monoisotopic (exact) mass is 358 g/mol. The first-order chi connectivity index (χ1) is 10.4. The van der Waals surface area contributed by atoms with Gasteiger partial charge < -0.3 is 4.74 Å². The Balaban J connectivity index is 2.13. The fourth-order valence-corrected chi connectivity index (χ4v) is 3.47. The maximum absolute atomic E-state index is 12.2. The van der Waals surface area contributed by atoms with Crippen molar-refractivity contribution in [3.8, 4) is 5.75 Å². The minimum absolute atomic E-state index is 0.122. The Labute approximate surface area is 138 Å². The number of hydrazone groups is 1. The van der Waals surface area contributed by atoms with Crippen LogP contribution in [0.15, 0.2) is 46.4 Å². The van der Waals surface area contributed by atoms with Crippen molar-refractivity contribution >= 4 is 38.7 Å². The van der Waals surface area contributed by atoms with Crippen LogP contribution in [0.2, 0.25) is 4.34 Å². The van der Waals surface area contributed by atoms with Gasteiger partial charge in [0.05, 0.1) is 26.4 Å². The fourth-order valence-electron chi connectivity index (χ4n) is 1.63. The Morgan fingerprint density at radius 3 is 2.50 bits per heavy atom. The molecule has 0 bridgehead atoms. The molecular weight excluding hydrogens is 344 g/mol. The van der Waals surface area contributed by atoms with Crippen molar-refractivity contribution in [1.82, 2.24) is 4.83 Å². The number of nitrogens with one attached hydrogen (secondary N) is 1. The number of nitrogens with zero attached hydrogens (tertiary/aromatic N) is 1. The second kappa shape index (κ2) is 7.13. The number of thiophene rings is 1. The SMILES string of the molecule is CCOc1ccc(S(=O)(=O)NN=C(C)c2ccc(Cl)s2)cc1. The van der Waals surface area contributed by atoms with E-state index >= 15 is 0 Å². The zero-order valence-corrected chi connectivity index (χ0v) is 14.4. The summed E-state index contributed by atoms with van der Waals surface area (Å²) in [6.45, 7) is 4.10. The largest absolute Gasteiger partial charge is 0.494 e. The molecule has 0 fully saturated rings. The standard InChI is InChI=1S/C14H15ClN2O3S2/c1-3-20-11-4-6-12(7-5-11)22(18,19)17-16-10(2)13-8-9-14(15)21-13/h4-9,17H,3H2,1-2H3. The third-order valence-corrected chi connectivity index (χ3v) is 5.27. The van der Waals surface area contributed by atoms with Crippen LogP contribution in [0, 0.1) is 0 Å². The zero-order chi connectivity index (χ0) is 16.2. The molecule has 2 aromatic rings. The maximum atomic E-state index is 12.2. The van der Waals surface area contributed by atoms with Crippen molar-refractivity contribution < 1.29 is 13.2 Å². The lowest BCUT2D eigenvalue weighted by molar-refractivity contribution is 0.340. The average Bonchev–Trinajstić information content (AvgIpc) is 2.92. The van der Waals surface area contributed by atoms with E-state index in [-0.39, 0.29) is 4.90 Å². The van der Waals surface area contributed by atoms with Crippen molar-refractivity contribution in [3.63, 3.8) is 0 Å². The van der Waals surface area contributed by atoms with Crippen LogP contribution in [0.5, 0.6) is 5.75 Å². The van der Waals surface area contributed by atoms with E-state index in [1.165, 1.54) is 23.5 Å². The lowest BCUT2D eigenvalue weighted by Crippen LogP contribution is -2.19. The molecule has 0 amide bonds. The molecule has 0 saturated carbocycles. The molecule has 0 unspecified atom stereocenters. The predicted molar refractivity (Wildman–Crippen MR) is 89.5 cm³/mol. The molecule has 1 heterocycles. The molecule has 118 valence electrons. The molecule has 1 aromatic heterocycles. The maximum Gasteiger partial charge on any atom is 0.276 e. The van der Waals surface area contributed by atoms with Gasteiger partial charge in [-0.3, -0.25) is 0 Å². The summed E-state index contributed by atoms with van der Waals surface area (Å²) >= 11 is 7.18. The highest BCUT2D eigenvalue weighted by atomic mass is 35.5. The molecule has 0 saturated heterocycles. The van der Waals surface area contributed by atoms with E-state index < -0.39 is 10.0 Å². The number of benzene rings is 1. The molecule has 5 nitrogen and oxygen atoms in total. The molecule has 8 heteroatoms. The van der Waals surface area contributed by atoms with Gasteiger partial charge in [-0.05, 0) is 50.2 Å². The van der Waals surface area contributed by atoms with Gasteiger partial charge in [0.25, 0.3) is 10.0 Å². The summed E-state index contributed by atoms with van der Waals surface area (Å²) < 4.78 is 30.2. The number of halogens is 1. The third kappa shape index (κ3) is 4.22. The summed E-state index contributed by atoms with van der Waals surface area (Å²) in [5, 5.41) is 3.91. The highest BCUT2D eigenvalue weighted by molar-refractivity contribution is 7.89. The predicted octanol–water partition coefficient (Wildman–Crippen LogP) is 3.50. The van der Waals surface area contributed by atoms with Crippen molar-refractivity contribution in [2.75, 3.05) is 6.61 Å². The highest BCUT2D eigenvalue weighted by Crippen LogP contribution is 2.22. The van der Waals surface area contributed by atoms with Gasteiger partial charge in [-0.1, -0.05) is 11.6 Å². The Morgan fingerprint density at radius 1 is 1.27 bits per heavy atom. The van der Waals surface area contributed by atoms with Gasteiger partial charge in [0, 0.05) is 0 Å². The van der Waals surface area contributed by atoms with Crippen molar-refractivity contribution in [1.29, 1.82) is 0 Å². The van der Waals surface area contributed by atoms with Crippen LogP contribution >= 0.6 is 22.9 Å². The van der Waals surface area contributed by atoms with Crippen molar-refractivity contribution in [2.45, 2.75) is 18.7 Å². The minimum atomic E-state index is -3.71. The topological polar surface area (TPSA) is 67.8 Å². The van der Waals surface area contributed by atoms with Gasteiger partial charge >= 0.3 is 0 Å². The molecule has 0 radical (unpaired) electrons. The molecule has 2 rings (SSSR count). The van der Waals surface area contributed by atoms with Gasteiger partial charge in [0.2, 0.25) is 0 Å². The Bertz CT molecular complexity index is 768. The summed E-state index contributed by atoms with van der Waals surface area (Å²) in [4.78, 5) is 3.14. The van der Waals surface area contributed by atoms with Crippen LogP contribution in [0.3, 0.4) is 0 Å². The lowest BCUT2D eigenvalue weighted by Gasteiger charge is -2.06. The minimum Gasteiger partial charge on any atom is -0.494 e. The van der Waals surface area contributed by atoms with Crippen LogP contribution < -0.4 is 9.57 Å². The van der Waals surface area contributed by atoms with Crippen molar-refractivity contribution in [2.24, 2.45) is 5.10 Å². The van der Waals surface area contributed by atoms with Crippen LogP contribution in [0.1, 0.15) is 18.7 Å². The van der Waals surface area contributed by atoms with Gasteiger partial charge in [0.15, 0.2) is 0 Å². The number of ether oxygens (including phenoxy) is 1. The first-order valence-electron chi connectivity index (χ1n) is 6.47. The van der Waals surface area contributed by atoms with Gasteiger partial charge in [0.1, 0.15) is 5.75 Å². The fraction of sp³-hybridized carbons (Fsp3) is 0.214. The number of rotatable bonds is 6. The molecule has 1 N–H and O–H groups in total. The molecule has 0 aliphatic rings. The normalized spacial score (nSPS) is 12.2. The van der Waals surface area contributed by atoms with E-state index in [9.17, 15) is 8.42 Å². The zero-order valence-electron chi connectivity index (χ0n) is 12.0. The van der Waals surface area contributed by atoms with E-state index in [0.29, 0.717) is 22.4 Å². The summed E-state index contributed by atoms with van der Waals surface area (Å²) in [7, 11) is -3.71. The van der Waals surface area contributed by atoms with E-state index in [2.05, 4.69) is 9.93 Å². The van der Waals surface area contributed by atoms with Crippen molar-refractivity contribution in [3.05, 3.63) is 45.6 Å². The number of hydrogen-bond acceptors (Lipinski definition) is 5. The summed E-state index contributed by atoms with van der Waals surface area (Å²) in [6.07, 6.45) is 0. The third-order valence-electron chi connectivity index (χ3n) is 2.71. The van der Waals surface area contributed by atoms with E-state index in [1.54, 1.807) is 31.2 Å². The van der Waals surface area contributed by atoms with Crippen LogP contribution in [0.4, 0.5) is 0 Å². The second-order valence-corrected chi connectivity index (χ2v) is 7.68. The molecule has 1 aromatic carbocycles. The summed E-state index contributed by atoms with van der Waals surface area (Å²) in [5.41, 5.74) is 0.548. The van der Waals surface area contributed by atoms with Crippen LogP contribution in [0.25, 0.3) is 0 Å². The highest BCUT2D eigenvalue weighted by Gasteiger charge is 2.13. The molecule has 0 aliphatic carbocycles. The van der Waals surface area contributed by atoms with Crippen LogP contribution in [-0.2, 0) is 10.0 Å². The molecule has 0 atom stereocenters. The summed E-state index contributed by atoms with van der Waals surface area (Å²) in [6, 6.07) is 9.68. The number of sulfonamides is 1. The smallest absolute Gasteiger partial charge is 0.276 e. The molecular formula is C14H15ClN2O3S2. The first kappa shape index (κ1) is 16.8. The Hall–Kier alpha value is -1.57. The Morgan fingerprint density at radius 2 is 1.95 bits per heavy atom. The first-order valence-corrected chi connectivity index (χ1v) is 9.15. The second-order valence-electron chi connectivity index (χ2n) is 4.30. The molecule has 0 spiro atoms. The van der Waals surface area contributed by atoms with Gasteiger partial charge in [-0.25, -0.2) is 0 Å². The average molecular weight is 359 g/mol. The lowest BCUT2D eigenvalue weighted by atomic mass is 10.3.